The summed E-state index contributed by atoms with van der Waals surface area (Å²) in [5, 5.41) is 19.4. The second-order valence-electron chi connectivity index (χ2n) is 9.33. The quantitative estimate of drug-likeness (QED) is 0.432. The molecule has 34 heavy (non-hydrogen) atoms. The lowest BCUT2D eigenvalue weighted by Crippen LogP contribution is -2.35. The van der Waals surface area contributed by atoms with Crippen molar-refractivity contribution in [2.45, 2.75) is 52.6 Å². The molecule has 0 bridgehead atoms. The number of hydrogen-bond acceptors (Lipinski definition) is 5. The van der Waals surface area contributed by atoms with Crippen molar-refractivity contribution in [1.29, 1.82) is 10.5 Å². The minimum absolute atomic E-state index is 0.300. The molecule has 0 aliphatic rings. The number of carbonyl (C=O) groups is 1. The topological polar surface area (TPSA) is 86.4 Å². The molecule has 0 saturated heterocycles. The Morgan fingerprint density at radius 2 is 1.62 bits per heavy atom. The second kappa shape index (κ2) is 11.4. The van der Waals surface area contributed by atoms with Gasteiger partial charge < -0.3 is 9.47 Å². The van der Waals surface area contributed by atoms with Crippen LogP contribution in [0.25, 0.3) is 0 Å². The first-order valence-electron chi connectivity index (χ1n) is 11.3. The Bertz CT molecular complexity index is 1050. The summed E-state index contributed by atoms with van der Waals surface area (Å²) in [4.78, 5) is 14.6. The first-order valence-corrected chi connectivity index (χ1v) is 11.3. The first-order chi connectivity index (χ1) is 16.1. The van der Waals surface area contributed by atoms with Gasteiger partial charge in [-0.15, -0.1) is 0 Å². The highest BCUT2D eigenvalue weighted by Crippen LogP contribution is 2.45. The van der Waals surface area contributed by atoms with E-state index >= 15 is 0 Å². The lowest BCUT2D eigenvalue weighted by molar-refractivity contribution is 0.0596. The predicted octanol–water partition coefficient (Wildman–Crippen LogP) is 6.81. The van der Waals surface area contributed by atoms with Crippen LogP contribution in [0.15, 0.2) is 66.9 Å². The van der Waals surface area contributed by atoms with Gasteiger partial charge >= 0.3 is 6.09 Å². The van der Waals surface area contributed by atoms with Crippen LogP contribution in [-0.4, -0.2) is 18.8 Å². The van der Waals surface area contributed by atoms with Crippen LogP contribution in [0.4, 0.5) is 10.5 Å². The second-order valence-corrected chi connectivity index (χ2v) is 9.33. The lowest BCUT2D eigenvalue weighted by Gasteiger charge is -2.37. The molecular formula is C28H33N3O3. The summed E-state index contributed by atoms with van der Waals surface area (Å²) < 4.78 is 10.9. The third kappa shape index (κ3) is 6.39. The Morgan fingerprint density at radius 3 is 2.09 bits per heavy atom. The number of nitrogens with zero attached hydrogens (tertiary/aromatic N) is 3. The van der Waals surface area contributed by atoms with Gasteiger partial charge in [-0.3, -0.25) is 4.90 Å². The van der Waals surface area contributed by atoms with Gasteiger partial charge in [-0.2, -0.15) is 10.5 Å². The Balaban J connectivity index is 2.60. The Labute approximate surface area is 203 Å². The molecule has 178 valence electrons. The molecule has 2 aromatic rings. The molecule has 6 heteroatoms. The molecule has 0 aliphatic carbocycles. The molecule has 0 spiro atoms. The van der Waals surface area contributed by atoms with Crippen LogP contribution < -0.4 is 9.64 Å². The van der Waals surface area contributed by atoms with Crippen molar-refractivity contribution >= 4 is 11.8 Å². The highest BCUT2D eigenvalue weighted by molar-refractivity contribution is 5.90. The number of allylic oxidation sites excluding steroid dienone is 1. The molecule has 1 amide bonds. The maximum atomic E-state index is 13.1. The van der Waals surface area contributed by atoms with Crippen LogP contribution >= 0.6 is 0 Å². The molecule has 0 aromatic heterocycles. The van der Waals surface area contributed by atoms with Gasteiger partial charge in [0.1, 0.15) is 17.3 Å². The summed E-state index contributed by atoms with van der Waals surface area (Å²) in [6.45, 7) is 9.35. The van der Waals surface area contributed by atoms with Crippen LogP contribution in [0.5, 0.6) is 5.75 Å². The number of anilines is 1. The summed E-state index contributed by atoms with van der Waals surface area (Å²) in [7, 11) is 1.58. The third-order valence-corrected chi connectivity index (χ3v) is 5.92. The number of hydrogen-bond donors (Lipinski definition) is 0. The molecule has 2 aromatic carbocycles. The normalized spacial score (nSPS) is 14.0. The summed E-state index contributed by atoms with van der Waals surface area (Å²) in [5.41, 5.74) is 0.200. The van der Waals surface area contributed by atoms with Gasteiger partial charge in [0.25, 0.3) is 0 Å². The average molecular weight is 460 g/mol. The molecule has 2 rings (SSSR count). The van der Waals surface area contributed by atoms with Crippen molar-refractivity contribution in [3.63, 3.8) is 0 Å². The molecule has 2 atom stereocenters. The SMILES string of the molecule is CC[C@](C)(C(C#N)C#N)[C@@H](/C=C/N(C(=O)OC(C)(C)C)c1ccc(OC)cc1)c1ccccc1. The zero-order chi connectivity index (χ0) is 25.4. The predicted molar refractivity (Wildman–Crippen MR) is 133 cm³/mol. The van der Waals surface area contributed by atoms with E-state index in [4.69, 9.17) is 9.47 Å². The minimum Gasteiger partial charge on any atom is -0.497 e. The Kier molecular flexibility index (Phi) is 8.87. The fourth-order valence-corrected chi connectivity index (χ4v) is 3.78. The summed E-state index contributed by atoms with van der Waals surface area (Å²) in [6.07, 6.45) is 3.62. The van der Waals surface area contributed by atoms with Crippen molar-refractivity contribution in [3.05, 3.63) is 72.4 Å². The van der Waals surface area contributed by atoms with Crippen molar-refractivity contribution in [2.24, 2.45) is 11.3 Å². The number of rotatable bonds is 8. The summed E-state index contributed by atoms with van der Waals surface area (Å²) >= 11 is 0. The molecule has 0 radical (unpaired) electrons. The monoisotopic (exact) mass is 459 g/mol. The van der Waals surface area contributed by atoms with Gasteiger partial charge in [0, 0.05) is 17.5 Å². The van der Waals surface area contributed by atoms with Gasteiger partial charge in [0.05, 0.1) is 24.9 Å². The van der Waals surface area contributed by atoms with E-state index in [0.717, 1.165) is 5.56 Å². The number of methoxy groups -OCH3 is 1. The van der Waals surface area contributed by atoms with E-state index in [1.165, 1.54) is 4.90 Å². The third-order valence-electron chi connectivity index (χ3n) is 5.92. The largest absolute Gasteiger partial charge is 0.497 e. The van der Waals surface area contributed by atoms with Crippen LogP contribution in [0, 0.1) is 34.0 Å². The first kappa shape index (κ1) is 26.5. The van der Waals surface area contributed by atoms with Crippen LogP contribution in [0.2, 0.25) is 0 Å². The molecule has 0 aliphatic heterocycles. The molecule has 0 fully saturated rings. The molecule has 0 saturated carbocycles. The Morgan fingerprint density at radius 1 is 1.03 bits per heavy atom. The number of carbonyl (C=O) groups excluding carboxylic acids is 1. The standard InChI is InChI=1S/C28H33N3O3/c1-7-28(5,22(19-29)20-30)25(21-11-9-8-10-12-21)17-18-31(26(32)34-27(2,3)4)23-13-15-24(33-6)16-14-23/h8-18,22,25H,7H2,1-6H3/b18-17+/t25-,28+/m0/s1. The van der Waals surface area contributed by atoms with Crippen molar-refractivity contribution in [2.75, 3.05) is 12.0 Å². The van der Waals surface area contributed by atoms with Crippen molar-refractivity contribution in [3.8, 4) is 17.9 Å². The summed E-state index contributed by atoms with van der Waals surface area (Å²) in [5.74, 6) is -0.460. The lowest BCUT2D eigenvalue weighted by atomic mass is 9.64. The molecule has 0 unspecified atom stereocenters. The van der Waals surface area contributed by atoms with E-state index in [0.29, 0.717) is 17.9 Å². The smallest absolute Gasteiger partial charge is 0.418 e. The van der Waals surface area contributed by atoms with Crippen LogP contribution in [0.1, 0.15) is 52.5 Å². The van der Waals surface area contributed by atoms with E-state index in [2.05, 4.69) is 12.1 Å². The highest BCUT2D eigenvalue weighted by atomic mass is 16.6. The van der Waals surface area contributed by atoms with E-state index in [1.807, 2.05) is 71.0 Å². The van der Waals surface area contributed by atoms with Gasteiger partial charge in [-0.25, -0.2) is 4.79 Å². The van der Waals surface area contributed by atoms with Crippen molar-refractivity contribution < 1.29 is 14.3 Å². The van der Waals surface area contributed by atoms with Crippen molar-refractivity contribution in [1.82, 2.24) is 0 Å². The number of ether oxygens (including phenoxy) is 2. The Hall–Kier alpha value is -3.77. The average Bonchev–Trinajstić information content (AvgIpc) is 2.82. The molecule has 6 nitrogen and oxygen atoms in total. The minimum atomic E-state index is -0.830. The van der Waals surface area contributed by atoms with Gasteiger partial charge in [-0.1, -0.05) is 50.3 Å². The number of amides is 1. The van der Waals surface area contributed by atoms with E-state index in [9.17, 15) is 15.3 Å². The van der Waals surface area contributed by atoms with E-state index < -0.39 is 23.0 Å². The van der Waals surface area contributed by atoms with E-state index in [1.54, 1.807) is 37.6 Å². The summed E-state index contributed by atoms with van der Waals surface area (Å²) in [6, 6.07) is 21.1. The fraction of sp³-hybridized carbons (Fsp3) is 0.393. The number of nitriles is 2. The highest BCUT2D eigenvalue weighted by Gasteiger charge is 2.40. The zero-order valence-corrected chi connectivity index (χ0v) is 20.8. The van der Waals surface area contributed by atoms with Gasteiger partial charge in [0.2, 0.25) is 0 Å². The molecule has 0 heterocycles. The van der Waals surface area contributed by atoms with Gasteiger partial charge in [-0.05, 0) is 57.0 Å². The molecule has 0 N–H and O–H groups in total. The van der Waals surface area contributed by atoms with Crippen LogP contribution in [0.3, 0.4) is 0 Å². The maximum Gasteiger partial charge on any atom is 0.418 e. The van der Waals surface area contributed by atoms with E-state index in [-0.39, 0.29) is 5.92 Å². The van der Waals surface area contributed by atoms with Crippen LogP contribution in [-0.2, 0) is 4.74 Å². The van der Waals surface area contributed by atoms with Gasteiger partial charge in [0.15, 0.2) is 0 Å². The molecular weight excluding hydrogens is 426 g/mol. The fourth-order valence-electron chi connectivity index (χ4n) is 3.78. The maximum absolute atomic E-state index is 13.1. The number of benzene rings is 2. The zero-order valence-electron chi connectivity index (χ0n) is 20.8.